The zero-order valence-corrected chi connectivity index (χ0v) is 26.8. The number of nitrogens with one attached hydrogen (secondary N) is 3. The molecule has 4 rings (SSSR count). The number of ketones is 1. The molecule has 4 aliphatic rings. The number of urea groups is 1. The lowest BCUT2D eigenvalue weighted by Crippen LogP contribution is -2.62. The number of nitrogens with zero attached hydrogens (tertiary/aromatic N) is 1. The SMILES string of the molecule is COC(=O)C1(NC(=O)N[C@H](C(=O)N2CC[C@H](C(Cl)Cl)[C@H]2C(=O)NC(CC2CCC2)C(=O)C(N)=O)C2CCCCC2)CCCC1. The molecule has 3 saturated carbocycles. The molecule has 44 heavy (non-hydrogen) atoms. The number of carbonyl (C=O) groups excluding carboxylic acids is 6. The normalized spacial score (nSPS) is 25.0. The van der Waals surface area contributed by atoms with Crippen LogP contribution in [0, 0.1) is 17.8 Å². The minimum absolute atomic E-state index is 0.160. The zero-order chi connectivity index (χ0) is 32.0. The maximum atomic E-state index is 14.3. The van der Waals surface area contributed by atoms with Crippen molar-refractivity contribution in [1.29, 1.82) is 0 Å². The van der Waals surface area contributed by atoms with Crippen molar-refractivity contribution in [2.75, 3.05) is 13.7 Å². The van der Waals surface area contributed by atoms with E-state index in [0.29, 0.717) is 32.1 Å². The number of methoxy groups -OCH3 is 1. The van der Waals surface area contributed by atoms with Gasteiger partial charge in [-0.1, -0.05) is 51.4 Å². The van der Waals surface area contributed by atoms with Gasteiger partial charge in [0.15, 0.2) is 0 Å². The summed E-state index contributed by atoms with van der Waals surface area (Å²) < 4.78 is 4.98. The number of carbonyl (C=O) groups is 6. The highest BCUT2D eigenvalue weighted by molar-refractivity contribution is 6.44. The number of nitrogens with two attached hydrogens (primary N) is 1. The van der Waals surface area contributed by atoms with Gasteiger partial charge in [-0.2, -0.15) is 0 Å². The maximum absolute atomic E-state index is 14.3. The molecular formula is C30H45Cl2N5O7. The first kappa shape index (κ1) is 34.3. The minimum atomic E-state index is -1.16. The first-order valence-electron chi connectivity index (χ1n) is 15.9. The van der Waals surface area contributed by atoms with Crippen molar-refractivity contribution in [1.82, 2.24) is 20.9 Å². The fraction of sp³-hybridized carbons (Fsp3) is 0.800. The Morgan fingerprint density at radius 3 is 2.11 bits per heavy atom. The van der Waals surface area contributed by atoms with Crippen LogP contribution in [-0.4, -0.2) is 82.6 Å². The third-order valence-electron chi connectivity index (χ3n) is 10.0. The number of alkyl halides is 2. The Morgan fingerprint density at radius 1 is 0.909 bits per heavy atom. The molecule has 0 radical (unpaired) electrons. The van der Waals surface area contributed by atoms with E-state index in [1.807, 2.05) is 0 Å². The van der Waals surface area contributed by atoms with Gasteiger partial charge in [0.05, 0.1) is 13.2 Å². The van der Waals surface area contributed by atoms with Gasteiger partial charge in [0.2, 0.25) is 17.6 Å². The molecule has 1 saturated heterocycles. The predicted molar refractivity (Wildman–Crippen MR) is 162 cm³/mol. The van der Waals surface area contributed by atoms with Crippen molar-refractivity contribution in [3.8, 4) is 0 Å². The molecule has 0 aromatic carbocycles. The number of likely N-dealkylation sites (tertiary alicyclic amines) is 1. The smallest absolute Gasteiger partial charge is 0.331 e. The van der Waals surface area contributed by atoms with Crippen LogP contribution >= 0.6 is 23.2 Å². The monoisotopic (exact) mass is 657 g/mol. The Labute approximate surface area is 268 Å². The van der Waals surface area contributed by atoms with Crippen molar-refractivity contribution in [3.63, 3.8) is 0 Å². The molecule has 4 atom stereocenters. The predicted octanol–water partition coefficient (Wildman–Crippen LogP) is 2.47. The summed E-state index contributed by atoms with van der Waals surface area (Å²) in [6.45, 7) is 0.160. The van der Waals surface area contributed by atoms with Crippen molar-refractivity contribution >= 4 is 58.7 Å². The van der Waals surface area contributed by atoms with E-state index >= 15 is 0 Å². The summed E-state index contributed by atoms with van der Waals surface area (Å²) in [7, 11) is 1.28. The zero-order valence-electron chi connectivity index (χ0n) is 25.3. The lowest BCUT2D eigenvalue weighted by atomic mass is 9.80. The Kier molecular flexibility index (Phi) is 11.8. The molecule has 5 N–H and O–H groups in total. The van der Waals surface area contributed by atoms with E-state index in [0.717, 1.165) is 51.4 Å². The van der Waals surface area contributed by atoms with Gasteiger partial charge in [0.25, 0.3) is 5.91 Å². The standard InChI is InChI=1S/C30H45Cl2N5O7/c1-44-28(42)30(13-5-6-14-30)36-29(43)35-21(18-10-3-2-4-11-18)27(41)37-15-12-19(24(31)32)22(37)26(40)34-20(23(38)25(33)39)16-17-8-7-9-17/h17-22,24H,2-16H2,1H3,(H2,33,39)(H,34,40)(H2,35,36,43)/t19-,20?,21-,22-/m0/s1. The van der Waals surface area contributed by atoms with E-state index in [9.17, 15) is 28.8 Å². The van der Waals surface area contributed by atoms with Gasteiger partial charge in [-0.15, -0.1) is 23.2 Å². The number of Topliss-reactive ketones (excluding diaryl/α,β-unsaturated/α-hetero) is 1. The first-order chi connectivity index (χ1) is 21.0. The van der Waals surface area contributed by atoms with Gasteiger partial charge in [-0.25, -0.2) is 9.59 Å². The Bertz CT molecular complexity index is 1110. The molecule has 3 aliphatic carbocycles. The minimum Gasteiger partial charge on any atom is -0.467 e. The van der Waals surface area contributed by atoms with Crippen molar-refractivity contribution in [2.45, 2.75) is 118 Å². The summed E-state index contributed by atoms with van der Waals surface area (Å²) in [4.78, 5) is 79.0. The highest BCUT2D eigenvalue weighted by Crippen LogP contribution is 2.36. The van der Waals surface area contributed by atoms with Crippen LogP contribution in [-0.2, 0) is 28.7 Å². The van der Waals surface area contributed by atoms with Crippen LogP contribution < -0.4 is 21.7 Å². The van der Waals surface area contributed by atoms with Crippen molar-refractivity contribution < 1.29 is 33.5 Å². The van der Waals surface area contributed by atoms with E-state index in [4.69, 9.17) is 33.7 Å². The van der Waals surface area contributed by atoms with Gasteiger partial charge in [0, 0.05) is 12.5 Å². The number of ether oxygens (including phenoxy) is 1. The van der Waals surface area contributed by atoms with Crippen LogP contribution in [0.2, 0.25) is 0 Å². The molecule has 0 spiro atoms. The molecule has 0 aromatic heterocycles. The summed E-state index contributed by atoms with van der Waals surface area (Å²) in [5.74, 6) is -4.31. The Balaban J connectivity index is 1.56. The molecule has 1 aliphatic heterocycles. The first-order valence-corrected chi connectivity index (χ1v) is 16.7. The average Bonchev–Trinajstić information content (AvgIpc) is 3.65. The molecule has 0 bridgehead atoms. The third kappa shape index (κ3) is 7.78. The Hall–Kier alpha value is -2.60. The van der Waals surface area contributed by atoms with E-state index in [1.165, 1.54) is 12.0 Å². The summed E-state index contributed by atoms with van der Waals surface area (Å²) in [5.41, 5.74) is 4.13. The molecule has 1 unspecified atom stereocenters. The topological polar surface area (TPSA) is 177 Å². The Morgan fingerprint density at radius 2 is 1.57 bits per heavy atom. The number of halogens is 2. The molecular weight excluding hydrogens is 613 g/mol. The molecule has 14 heteroatoms. The van der Waals surface area contributed by atoms with Crippen LogP contribution in [0.3, 0.4) is 0 Å². The van der Waals surface area contributed by atoms with Crippen LogP contribution in [0.15, 0.2) is 0 Å². The lowest BCUT2D eigenvalue weighted by molar-refractivity contribution is -0.148. The quantitative estimate of drug-likeness (QED) is 0.141. The van der Waals surface area contributed by atoms with E-state index in [-0.39, 0.29) is 24.8 Å². The van der Waals surface area contributed by atoms with E-state index in [2.05, 4.69) is 16.0 Å². The molecule has 0 aromatic rings. The number of amides is 5. The van der Waals surface area contributed by atoms with Gasteiger partial charge < -0.3 is 31.3 Å². The maximum Gasteiger partial charge on any atom is 0.331 e. The second kappa shape index (κ2) is 15.1. The second-order valence-corrected chi connectivity index (χ2v) is 14.0. The average molecular weight is 659 g/mol. The fourth-order valence-electron chi connectivity index (χ4n) is 7.36. The number of rotatable bonds is 12. The van der Waals surface area contributed by atoms with Gasteiger partial charge >= 0.3 is 12.0 Å². The van der Waals surface area contributed by atoms with Gasteiger partial charge in [-0.05, 0) is 50.4 Å². The molecule has 1 heterocycles. The van der Waals surface area contributed by atoms with Crippen molar-refractivity contribution in [3.05, 3.63) is 0 Å². The molecule has 5 amide bonds. The summed E-state index contributed by atoms with van der Waals surface area (Å²) in [5, 5.41) is 8.34. The molecule has 246 valence electrons. The molecule has 12 nitrogen and oxygen atoms in total. The molecule has 4 fully saturated rings. The van der Waals surface area contributed by atoms with E-state index < -0.39 is 69.9 Å². The van der Waals surface area contributed by atoms with Crippen molar-refractivity contribution in [2.24, 2.45) is 23.5 Å². The fourth-order valence-corrected chi connectivity index (χ4v) is 7.89. The summed E-state index contributed by atoms with van der Waals surface area (Å²) >= 11 is 12.6. The van der Waals surface area contributed by atoms with Crippen LogP contribution in [0.4, 0.5) is 4.79 Å². The van der Waals surface area contributed by atoms with Crippen LogP contribution in [0.5, 0.6) is 0 Å². The van der Waals surface area contributed by atoms with Crippen LogP contribution in [0.25, 0.3) is 0 Å². The highest BCUT2D eigenvalue weighted by Gasteiger charge is 2.49. The van der Waals surface area contributed by atoms with E-state index in [1.54, 1.807) is 0 Å². The summed E-state index contributed by atoms with van der Waals surface area (Å²) in [6, 6.07) is -3.87. The number of hydrogen-bond acceptors (Lipinski definition) is 7. The highest BCUT2D eigenvalue weighted by atomic mass is 35.5. The number of hydrogen-bond donors (Lipinski definition) is 4. The number of primary amides is 1. The second-order valence-electron chi connectivity index (χ2n) is 12.8. The van der Waals surface area contributed by atoms with Gasteiger partial charge in [0.1, 0.15) is 22.5 Å². The van der Waals surface area contributed by atoms with Gasteiger partial charge in [-0.3, -0.25) is 19.2 Å². The number of esters is 1. The largest absolute Gasteiger partial charge is 0.467 e. The van der Waals surface area contributed by atoms with Crippen LogP contribution in [0.1, 0.15) is 89.9 Å². The summed E-state index contributed by atoms with van der Waals surface area (Å²) in [6.07, 6.45) is 9.96. The third-order valence-corrected chi connectivity index (χ3v) is 10.7. The lowest BCUT2D eigenvalue weighted by Gasteiger charge is -2.37.